The molecule has 3 aromatic rings. The zero-order valence-corrected chi connectivity index (χ0v) is 21.0. The molecule has 35 heavy (non-hydrogen) atoms. The van der Waals surface area contributed by atoms with Gasteiger partial charge in [0.25, 0.3) is 5.91 Å². The van der Waals surface area contributed by atoms with Gasteiger partial charge in [0.05, 0.1) is 23.8 Å². The third-order valence-corrected chi connectivity index (χ3v) is 6.21. The number of nitrogens with one attached hydrogen (secondary N) is 1. The van der Waals surface area contributed by atoms with E-state index in [9.17, 15) is 4.79 Å². The van der Waals surface area contributed by atoms with Gasteiger partial charge in [0.2, 0.25) is 0 Å². The Morgan fingerprint density at radius 2 is 1.71 bits per heavy atom. The van der Waals surface area contributed by atoms with Gasteiger partial charge in [-0.25, -0.2) is 4.99 Å². The number of hydrogen-bond donors (Lipinski definition) is 1. The van der Waals surface area contributed by atoms with Gasteiger partial charge in [0.15, 0.2) is 16.7 Å². The SMILES string of the molecule is CCOc1ccc(N=C2NC(=O)C(=Cc3ccc(OCc4ccccc4Cl)c(OCC)c3)S2)cc1. The van der Waals surface area contributed by atoms with Crippen LogP contribution in [0.1, 0.15) is 25.0 Å². The maximum Gasteiger partial charge on any atom is 0.264 e. The third-order valence-electron chi connectivity index (χ3n) is 4.94. The smallest absolute Gasteiger partial charge is 0.264 e. The van der Waals surface area contributed by atoms with E-state index in [-0.39, 0.29) is 5.91 Å². The van der Waals surface area contributed by atoms with Gasteiger partial charge in [-0.05, 0) is 79.7 Å². The van der Waals surface area contributed by atoms with Crippen LogP contribution in [-0.2, 0) is 11.4 Å². The molecule has 1 aliphatic rings. The van der Waals surface area contributed by atoms with Crippen LogP contribution in [0.3, 0.4) is 0 Å². The van der Waals surface area contributed by atoms with E-state index in [1.807, 2.05) is 80.6 Å². The van der Waals surface area contributed by atoms with Crippen LogP contribution in [0.2, 0.25) is 5.02 Å². The third kappa shape index (κ3) is 6.59. The first-order valence-electron chi connectivity index (χ1n) is 11.2. The van der Waals surface area contributed by atoms with Crippen molar-refractivity contribution in [2.24, 2.45) is 4.99 Å². The number of thioether (sulfide) groups is 1. The van der Waals surface area contributed by atoms with Gasteiger partial charge in [-0.2, -0.15) is 0 Å². The van der Waals surface area contributed by atoms with Crippen LogP contribution in [-0.4, -0.2) is 24.3 Å². The summed E-state index contributed by atoms with van der Waals surface area (Å²) in [5.74, 6) is 1.79. The van der Waals surface area contributed by atoms with Crippen LogP contribution in [0.5, 0.6) is 17.2 Å². The summed E-state index contributed by atoms with van der Waals surface area (Å²) >= 11 is 7.52. The zero-order valence-electron chi connectivity index (χ0n) is 19.4. The number of rotatable bonds is 9. The number of amidine groups is 1. The van der Waals surface area contributed by atoms with Gasteiger partial charge in [-0.15, -0.1) is 0 Å². The number of halogens is 1. The second-order valence-electron chi connectivity index (χ2n) is 7.43. The Balaban J connectivity index is 1.48. The van der Waals surface area contributed by atoms with E-state index in [0.717, 1.165) is 22.6 Å². The van der Waals surface area contributed by atoms with E-state index < -0.39 is 0 Å². The predicted octanol–water partition coefficient (Wildman–Crippen LogP) is 6.61. The number of carbonyl (C=O) groups is 1. The molecule has 0 unspecified atom stereocenters. The average Bonchev–Trinajstić information content (AvgIpc) is 3.19. The van der Waals surface area contributed by atoms with Crippen molar-refractivity contribution in [2.75, 3.05) is 13.2 Å². The maximum absolute atomic E-state index is 12.5. The largest absolute Gasteiger partial charge is 0.494 e. The van der Waals surface area contributed by atoms with Crippen LogP contribution in [0.4, 0.5) is 5.69 Å². The fourth-order valence-electron chi connectivity index (χ4n) is 3.31. The van der Waals surface area contributed by atoms with Crippen molar-refractivity contribution in [3.8, 4) is 17.2 Å². The number of benzene rings is 3. The Bertz CT molecular complexity index is 1260. The minimum Gasteiger partial charge on any atom is -0.494 e. The zero-order chi connectivity index (χ0) is 24.6. The Morgan fingerprint density at radius 3 is 2.46 bits per heavy atom. The van der Waals surface area contributed by atoms with Gasteiger partial charge in [-0.1, -0.05) is 35.9 Å². The molecule has 0 aliphatic carbocycles. The molecule has 0 aromatic heterocycles. The summed E-state index contributed by atoms with van der Waals surface area (Å²) in [4.78, 5) is 17.6. The number of nitrogens with zero attached hydrogens (tertiary/aromatic N) is 1. The summed E-state index contributed by atoms with van der Waals surface area (Å²) in [7, 11) is 0. The molecule has 1 aliphatic heterocycles. The number of ether oxygens (including phenoxy) is 3. The first kappa shape index (κ1) is 24.7. The molecule has 0 saturated carbocycles. The Hall–Kier alpha value is -3.42. The fraction of sp³-hybridized carbons (Fsp3) is 0.185. The maximum atomic E-state index is 12.5. The normalized spacial score (nSPS) is 15.3. The molecule has 1 saturated heterocycles. The van der Waals surface area contributed by atoms with E-state index in [1.165, 1.54) is 11.8 Å². The molecular weight excluding hydrogens is 484 g/mol. The van der Waals surface area contributed by atoms with Crippen molar-refractivity contribution in [3.05, 3.63) is 87.8 Å². The molecule has 4 rings (SSSR count). The van der Waals surface area contributed by atoms with E-state index in [4.69, 9.17) is 25.8 Å². The molecule has 8 heteroatoms. The molecule has 1 N–H and O–H groups in total. The van der Waals surface area contributed by atoms with Crippen LogP contribution in [0.15, 0.2) is 76.6 Å². The molecule has 1 amide bonds. The summed E-state index contributed by atoms with van der Waals surface area (Å²) in [5.41, 5.74) is 2.44. The molecular formula is C27H25ClN2O4S. The standard InChI is InChI=1S/C27H25ClN2O4S/c1-3-32-21-12-10-20(11-13-21)29-27-30-26(31)25(35-27)16-18-9-14-23(24(15-18)33-4-2)34-17-19-7-5-6-8-22(19)28/h5-16H,3-4,17H2,1-2H3,(H,29,30,31). The Labute approximate surface area is 214 Å². The van der Waals surface area contributed by atoms with Gasteiger partial charge in [0.1, 0.15) is 12.4 Å². The summed E-state index contributed by atoms with van der Waals surface area (Å²) < 4.78 is 17.2. The lowest BCUT2D eigenvalue weighted by Gasteiger charge is -2.13. The fourth-order valence-corrected chi connectivity index (χ4v) is 4.34. The lowest BCUT2D eigenvalue weighted by atomic mass is 10.2. The lowest BCUT2D eigenvalue weighted by Crippen LogP contribution is -2.19. The van der Waals surface area contributed by atoms with Gasteiger partial charge in [0, 0.05) is 10.6 Å². The molecule has 0 spiro atoms. The summed E-state index contributed by atoms with van der Waals surface area (Å²) in [6, 6.07) is 20.5. The van der Waals surface area contributed by atoms with Crippen LogP contribution < -0.4 is 19.5 Å². The topological polar surface area (TPSA) is 69.2 Å². The molecule has 0 radical (unpaired) electrons. The van der Waals surface area contributed by atoms with Crippen molar-refractivity contribution in [1.82, 2.24) is 5.32 Å². The summed E-state index contributed by atoms with van der Waals surface area (Å²) in [6.45, 7) is 5.26. The number of carbonyl (C=O) groups excluding carboxylic acids is 1. The van der Waals surface area contributed by atoms with Gasteiger partial charge >= 0.3 is 0 Å². The lowest BCUT2D eigenvalue weighted by molar-refractivity contribution is -0.115. The minimum atomic E-state index is -0.198. The first-order chi connectivity index (χ1) is 17.1. The van der Waals surface area contributed by atoms with E-state index in [0.29, 0.717) is 46.4 Å². The molecule has 0 bridgehead atoms. The highest BCUT2D eigenvalue weighted by Gasteiger charge is 2.24. The highest BCUT2D eigenvalue weighted by atomic mass is 35.5. The average molecular weight is 509 g/mol. The van der Waals surface area contributed by atoms with Crippen molar-refractivity contribution in [1.29, 1.82) is 0 Å². The van der Waals surface area contributed by atoms with Gasteiger partial charge < -0.3 is 19.5 Å². The number of hydrogen-bond acceptors (Lipinski definition) is 6. The van der Waals surface area contributed by atoms with Crippen molar-refractivity contribution in [3.63, 3.8) is 0 Å². The van der Waals surface area contributed by atoms with Crippen molar-refractivity contribution in [2.45, 2.75) is 20.5 Å². The highest BCUT2D eigenvalue weighted by Crippen LogP contribution is 2.33. The molecule has 1 heterocycles. The molecule has 1 fully saturated rings. The quantitative estimate of drug-likeness (QED) is 0.329. The summed E-state index contributed by atoms with van der Waals surface area (Å²) in [5, 5.41) is 3.99. The van der Waals surface area contributed by atoms with E-state index in [1.54, 1.807) is 6.08 Å². The predicted molar refractivity (Wildman–Crippen MR) is 142 cm³/mol. The van der Waals surface area contributed by atoms with Crippen LogP contribution >= 0.6 is 23.4 Å². The summed E-state index contributed by atoms with van der Waals surface area (Å²) in [6.07, 6.45) is 1.81. The van der Waals surface area contributed by atoms with Crippen LogP contribution in [0.25, 0.3) is 6.08 Å². The van der Waals surface area contributed by atoms with E-state index >= 15 is 0 Å². The number of amides is 1. The second-order valence-corrected chi connectivity index (χ2v) is 8.87. The first-order valence-corrected chi connectivity index (χ1v) is 12.4. The monoisotopic (exact) mass is 508 g/mol. The molecule has 3 aromatic carbocycles. The minimum absolute atomic E-state index is 0.198. The number of aliphatic imine (C=N–C) groups is 1. The molecule has 6 nitrogen and oxygen atoms in total. The Morgan fingerprint density at radius 1 is 0.943 bits per heavy atom. The molecule has 180 valence electrons. The molecule has 0 atom stereocenters. The highest BCUT2D eigenvalue weighted by molar-refractivity contribution is 8.18. The van der Waals surface area contributed by atoms with Crippen molar-refractivity contribution < 1.29 is 19.0 Å². The second kappa shape index (κ2) is 11.8. The van der Waals surface area contributed by atoms with E-state index in [2.05, 4.69) is 10.3 Å². The van der Waals surface area contributed by atoms with Gasteiger partial charge in [-0.3, -0.25) is 4.79 Å². The Kier molecular flexibility index (Phi) is 8.34. The van der Waals surface area contributed by atoms with Crippen LogP contribution in [0, 0.1) is 0 Å². The van der Waals surface area contributed by atoms with Crippen molar-refractivity contribution >= 4 is 46.2 Å².